The molecule has 0 saturated carbocycles. The molecule has 10 nitrogen and oxygen atoms in total. The zero-order valence-electron chi connectivity index (χ0n) is 20.1. The fraction of sp³-hybridized carbons (Fsp3) is 0.208. The van der Waals surface area contributed by atoms with Gasteiger partial charge in [0.15, 0.2) is 0 Å². The van der Waals surface area contributed by atoms with Gasteiger partial charge in [0.25, 0.3) is 11.5 Å². The number of amides is 1. The first-order valence-electron chi connectivity index (χ1n) is 10.9. The van der Waals surface area contributed by atoms with E-state index in [1.807, 2.05) is 19.0 Å². The molecule has 0 aliphatic carbocycles. The Morgan fingerprint density at radius 3 is 2.41 bits per heavy atom. The van der Waals surface area contributed by atoms with Crippen molar-refractivity contribution in [1.82, 2.24) is 24.8 Å². The maximum atomic E-state index is 12.9. The van der Waals surface area contributed by atoms with Crippen molar-refractivity contribution in [3.05, 3.63) is 73.8 Å². The number of H-pyrrole nitrogens is 1. The zero-order valence-corrected chi connectivity index (χ0v) is 22.4. The third-order valence-corrected chi connectivity index (χ3v) is 5.69. The van der Waals surface area contributed by atoms with Crippen molar-refractivity contribution in [3.8, 4) is 11.1 Å². The number of rotatable bonds is 7. The molecule has 3 heterocycles. The van der Waals surface area contributed by atoms with E-state index in [9.17, 15) is 9.59 Å². The number of aromatic nitrogens is 4. The van der Waals surface area contributed by atoms with Crippen molar-refractivity contribution in [3.63, 3.8) is 0 Å². The minimum atomic E-state index is -0.445. The number of pyridine rings is 2. The van der Waals surface area contributed by atoms with Gasteiger partial charge in [-0.15, -0.1) is 0 Å². The lowest BCUT2D eigenvalue weighted by molar-refractivity contribution is 0.102. The van der Waals surface area contributed by atoms with Crippen molar-refractivity contribution >= 4 is 63.4 Å². The van der Waals surface area contributed by atoms with Crippen molar-refractivity contribution in [1.29, 1.82) is 0 Å². The Labute approximate surface area is 227 Å². The molecular formula is C24H24Cl3N7O3. The molecule has 0 fully saturated rings. The number of fused-ring (bicyclic) bond motifs is 1. The molecule has 0 aliphatic heterocycles. The molecule has 1 amide bonds. The third-order valence-electron chi connectivity index (χ3n) is 4.98. The molecule has 1 aromatic carbocycles. The summed E-state index contributed by atoms with van der Waals surface area (Å²) in [5, 5.41) is 14.0. The Morgan fingerprint density at radius 1 is 1.03 bits per heavy atom. The first-order chi connectivity index (χ1) is 17.7. The summed E-state index contributed by atoms with van der Waals surface area (Å²) in [5.74, 6) is -0.0265. The lowest BCUT2D eigenvalue weighted by atomic mass is 10.1. The number of carbonyl (C=O) groups excluding carboxylic acids is 1. The van der Waals surface area contributed by atoms with Gasteiger partial charge in [0.2, 0.25) is 5.95 Å². The van der Waals surface area contributed by atoms with Crippen LogP contribution in [-0.4, -0.2) is 70.1 Å². The predicted octanol–water partition coefficient (Wildman–Crippen LogP) is 4.17. The molecular weight excluding hydrogens is 541 g/mol. The van der Waals surface area contributed by atoms with Crippen LogP contribution in [0.15, 0.2) is 47.4 Å². The van der Waals surface area contributed by atoms with E-state index in [1.54, 1.807) is 30.5 Å². The summed E-state index contributed by atoms with van der Waals surface area (Å²) in [6.45, 7) is 1.47. The van der Waals surface area contributed by atoms with E-state index < -0.39 is 5.91 Å². The normalized spacial score (nSPS) is 10.7. The highest BCUT2D eigenvalue weighted by molar-refractivity contribution is 6.34. The number of halogens is 3. The third kappa shape index (κ3) is 7.37. The van der Waals surface area contributed by atoms with Gasteiger partial charge in [-0.25, -0.2) is 9.97 Å². The minimum absolute atomic E-state index is 0.0976. The molecule has 3 aromatic heterocycles. The fourth-order valence-corrected chi connectivity index (χ4v) is 3.96. The molecule has 4 N–H and O–H groups in total. The van der Waals surface area contributed by atoms with E-state index in [1.165, 1.54) is 12.1 Å². The molecule has 0 unspecified atom stereocenters. The van der Waals surface area contributed by atoms with Crippen LogP contribution in [0.5, 0.6) is 0 Å². The number of hydrogen-bond acceptors (Lipinski definition) is 8. The van der Waals surface area contributed by atoms with E-state index in [4.69, 9.17) is 39.9 Å². The lowest BCUT2D eigenvalue weighted by Gasteiger charge is -2.11. The van der Waals surface area contributed by atoms with Crippen LogP contribution in [0.1, 0.15) is 10.4 Å². The SMILES string of the molecule is CN(C)CCNc1ncc2cc(-c3cc(NC(=O)c4cc(Cl)nc(Cl)c4)ccc3Cl)c(=O)[nH]c2n1.CO. The van der Waals surface area contributed by atoms with Crippen LogP contribution in [0.4, 0.5) is 11.6 Å². The van der Waals surface area contributed by atoms with Gasteiger partial charge < -0.3 is 25.6 Å². The van der Waals surface area contributed by atoms with Crippen LogP contribution >= 0.6 is 34.8 Å². The Kier molecular flexibility index (Phi) is 9.79. The van der Waals surface area contributed by atoms with Gasteiger partial charge in [-0.3, -0.25) is 9.59 Å². The molecule has 0 bridgehead atoms. The monoisotopic (exact) mass is 563 g/mol. The molecule has 0 radical (unpaired) electrons. The molecule has 4 aromatic rings. The highest BCUT2D eigenvalue weighted by Crippen LogP contribution is 2.30. The number of anilines is 2. The van der Waals surface area contributed by atoms with Gasteiger partial charge in [0.1, 0.15) is 16.0 Å². The average molecular weight is 565 g/mol. The summed E-state index contributed by atoms with van der Waals surface area (Å²) in [7, 11) is 4.94. The molecule has 37 heavy (non-hydrogen) atoms. The highest BCUT2D eigenvalue weighted by Gasteiger charge is 2.14. The molecule has 4 rings (SSSR count). The van der Waals surface area contributed by atoms with Crippen LogP contribution in [0.3, 0.4) is 0 Å². The van der Waals surface area contributed by atoms with Crippen LogP contribution in [0.25, 0.3) is 22.2 Å². The Hall–Kier alpha value is -3.28. The van der Waals surface area contributed by atoms with Gasteiger partial charge in [-0.2, -0.15) is 4.98 Å². The number of aromatic amines is 1. The van der Waals surface area contributed by atoms with E-state index in [2.05, 4.69) is 30.6 Å². The standard InChI is InChI=1S/C23H20Cl3N7O2.CH4O/c1-33(2)6-5-27-23-28-11-13-7-16(22(35)31-20(13)32-23)15-10-14(3-4-17(15)24)29-21(34)12-8-18(25)30-19(26)9-12;1-2/h3-4,7-11H,5-6H2,1-2H3,(H,29,34)(H2,27,28,31,32,35);2H,1H3. The van der Waals surface area contributed by atoms with E-state index >= 15 is 0 Å². The quantitative estimate of drug-likeness (QED) is 0.246. The smallest absolute Gasteiger partial charge is 0.257 e. The lowest BCUT2D eigenvalue weighted by Crippen LogP contribution is -2.21. The molecule has 0 atom stereocenters. The zero-order chi connectivity index (χ0) is 27.1. The number of nitrogens with zero attached hydrogens (tertiary/aromatic N) is 4. The predicted molar refractivity (Wildman–Crippen MR) is 148 cm³/mol. The van der Waals surface area contributed by atoms with E-state index in [0.29, 0.717) is 45.4 Å². The summed E-state index contributed by atoms with van der Waals surface area (Å²) >= 11 is 18.2. The highest BCUT2D eigenvalue weighted by atomic mass is 35.5. The largest absolute Gasteiger partial charge is 0.400 e. The number of aliphatic hydroxyl groups is 1. The topological polar surface area (TPSA) is 136 Å². The van der Waals surface area contributed by atoms with Crippen LogP contribution in [0.2, 0.25) is 15.3 Å². The summed E-state index contributed by atoms with van der Waals surface area (Å²) in [5.41, 5.74) is 1.43. The molecule has 194 valence electrons. The van der Waals surface area contributed by atoms with Crippen LogP contribution in [-0.2, 0) is 0 Å². The first-order valence-corrected chi connectivity index (χ1v) is 12.0. The van der Waals surface area contributed by atoms with Crippen LogP contribution < -0.4 is 16.2 Å². The maximum Gasteiger partial charge on any atom is 0.257 e. The summed E-state index contributed by atoms with van der Waals surface area (Å²) in [4.78, 5) is 42.9. The maximum absolute atomic E-state index is 12.9. The summed E-state index contributed by atoms with van der Waals surface area (Å²) in [6.07, 6.45) is 1.62. The van der Waals surface area contributed by atoms with Crippen LogP contribution in [0, 0.1) is 0 Å². The number of nitrogens with one attached hydrogen (secondary N) is 3. The molecule has 13 heteroatoms. The van der Waals surface area contributed by atoms with Crippen molar-refractivity contribution < 1.29 is 9.90 Å². The number of likely N-dealkylation sites (N-methyl/N-ethyl adjacent to an activating group) is 1. The number of aliphatic hydroxyl groups excluding tert-OH is 1. The van der Waals surface area contributed by atoms with Gasteiger partial charge in [-0.05, 0) is 50.5 Å². The van der Waals surface area contributed by atoms with Gasteiger partial charge in [0.05, 0.1) is 0 Å². The second-order valence-electron chi connectivity index (χ2n) is 7.89. The van der Waals surface area contributed by atoms with Gasteiger partial charge >= 0.3 is 0 Å². The number of benzene rings is 1. The minimum Gasteiger partial charge on any atom is -0.400 e. The van der Waals surface area contributed by atoms with E-state index in [0.717, 1.165) is 13.7 Å². The number of hydrogen-bond donors (Lipinski definition) is 4. The molecule has 0 spiro atoms. The Balaban J connectivity index is 0.00000186. The average Bonchev–Trinajstić information content (AvgIpc) is 2.85. The number of carbonyl (C=O) groups is 1. The second-order valence-corrected chi connectivity index (χ2v) is 9.07. The Morgan fingerprint density at radius 2 is 1.73 bits per heavy atom. The second kappa shape index (κ2) is 12.8. The first kappa shape index (κ1) is 28.3. The summed E-state index contributed by atoms with van der Waals surface area (Å²) in [6, 6.07) is 9.29. The van der Waals surface area contributed by atoms with Crippen molar-refractivity contribution in [2.45, 2.75) is 0 Å². The molecule has 0 aliphatic rings. The van der Waals surface area contributed by atoms with Gasteiger partial charge in [-0.1, -0.05) is 34.8 Å². The Bertz CT molecular complexity index is 1460. The van der Waals surface area contributed by atoms with E-state index in [-0.39, 0.29) is 21.4 Å². The van der Waals surface area contributed by atoms with Gasteiger partial charge in [0, 0.05) is 59.2 Å². The van der Waals surface area contributed by atoms with Crippen molar-refractivity contribution in [2.75, 3.05) is 44.9 Å². The molecule has 0 saturated heterocycles. The summed E-state index contributed by atoms with van der Waals surface area (Å²) < 4.78 is 0. The fourth-order valence-electron chi connectivity index (χ4n) is 3.28. The van der Waals surface area contributed by atoms with Crippen molar-refractivity contribution in [2.24, 2.45) is 0 Å².